The van der Waals surface area contributed by atoms with Crippen molar-refractivity contribution in [2.45, 2.75) is 11.3 Å². The minimum atomic E-state index is -3.83. The third kappa shape index (κ3) is 2.52. The minimum Gasteiger partial charge on any atom is -0.466 e. The number of ether oxygens (including phenoxy) is 1. The number of benzene rings is 1. The van der Waals surface area contributed by atoms with Gasteiger partial charge in [0.25, 0.3) is 10.0 Å². The second-order valence-electron chi connectivity index (χ2n) is 4.32. The maximum atomic E-state index is 12.2. The van der Waals surface area contributed by atoms with Crippen molar-refractivity contribution in [2.24, 2.45) is 0 Å². The summed E-state index contributed by atoms with van der Waals surface area (Å²) in [5, 5.41) is 8.68. The lowest BCUT2D eigenvalue weighted by molar-refractivity contribution is -0.115. The van der Waals surface area contributed by atoms with Crippen LogP contribution in [0.4, 0.5) is 11.6 Å². The van der Waals surface area contributed by atoms with Crippen molar-refractivity contribution >= 4 is 27.6 Å². The third-order valence-corrected chi connectivity index (χ3v) is 4.23. The van der Waals surface area contributed by atoms with Gasteiger partial charge in [-0.25, -0.2) is 18.2 Å². The van der Waals surface area contributed by atoms with Crippen LogP contribution in [0.25, 0.3) is 0 Å². The number of fused-ring (bicyclic) bond motifs is 1. The summed E-state index contributed by atoms with van der Waals surface area (Å²) in [6.07, 6.45) is 0.162. The van der Waals surface area contributed by atoms with Crippen LogP contribution in [0.1, 0.15) is 5.56 Å². The molecule has 0 radical (unpaired) electrons. The Morgan fingerprint density at radius 2 is 2.19 bits per heavy atom. The van der Waals surface area contributed by atoms with Gasteiger partial charge >= 0.3 is 6.01 Å². The number of hydrogen-bond donors (Lipinski definition) is 3. The molecule has 10 heteroatoms. The molecular formula is C11H11N5O4S. The topological polar surface area (TPSA) is 126 Å². The summed E-state index contributed by atoms with van der Waals surface area (Å²) in [5.41, 5.74) is 1.26. The van der Waals surface area contributed by atoms with E-state index in [1.807, 2.05) is 0 Å². The molecule has 0 saturated heterocycles. The molecule has 1 amide bonds. The van der Waals surface area contributed by atoms with E-state index in [-0.39, 0.29) is 29.2 Å². The fraction of sp³-hybridized carbons (Fsp3) is 0.182. The number of carbonyl (C=O) groups is 1. The number of carbonyl (C=O) groups excluding carboxylic acids is 1. The van der Waals surface area contributed by atoms with Gasteiger partial charge in [-0.1, -0.05) is 0 Å². The average molecular weight is 309 g/mol. The van der Waals surface area contributed by atoms with Crippen molar-refractivity contribution in [1.82, 2.24) is 15.2 Å². The molecule has 21 heavy (non-hydrogen) atoms. The highest BCUT2D eigenvalue weighted by Gasteiger charge is 2.22. The van der Waals surface area contributed by atoms with Crippen LogP contribution in [-0.2, 0) is 21.2 Å². The monoisotopic (exact) mass is 309 g/mol. The molecule has 1 aliphatic heterocycles. The number of methoxy groups -OCH3 is 1. The van der Waals surface area contributed by atoms with E-state index in [1.165, 1.54) is 19.2 Å². The highest BCUT2D eigenvalue weighted by atomic mass is 32.2. The zero-order chi connectivity index (χ0) is 15.0. The van der Waals surface area contributed by atoms with Crippen molar-refractivity contribution in [2.75, 3.05) is 17.1 Å². The first-order chi connectivity index (χ1) is 9.98. The molecule has 0 unspecified atom stereocenters. The van der Waals surface area contributed by atoms with Gasteiger partial charge in [-0.05, 0) is 23.8 Å². The number of nitrogens with zero attached hydrogens (tertiary/aromatic N) is 2. The van der Waals surface area contributed by atoms with E-state index in [9.17, 15) is 13.2 Å². The maximum absolute atomic E-state index is 12.2. The lowest BCUT2D eigenvalue weighted by atomic mass is 10.2. The molecule has 0 spiro atoms. The number of rotatable bonds is 4. The second-order valence-corrected chi connectivity index (χ2v) is 6.00. The van der Waals surface area contributed by atoms with E-state index in [2.05, 4.69) is 25.2 Å². The van der Waals surface area contributed by atoms with Crippen LogP contribution < -0.4 is 14.8 Å². The summed E-state index contributed by atoms with van der Waals surface area (Å²) < 4.78 is 31.5. The first-order valence-electron chi connectivity index (χ1n) is 5.90. The van der Waals surface area contributed by atoms with Crippen LogP contribution in [0, 0.1) is 0 Å². The third-order valence-electron chi connectivity index (χ3n) is 2.89. The number of amides is 1. The molecule has 3 rings (SSSR count). The highest BCUT2D eigenvalue weighted by molar-refractivity contribution is 7.92. The Morgan fingerprint density at radius 3 is 2.90 bits per heavy atom. The molecule has 1 aliphatic rings. The molecule has 2 aromatic rings. The summed E-state index contributed by atoms with van der Waals surface area (Å²) in [5.74, 6) is -0.214. The molecule has 0 fully saturated rings. The number of aromatic nitrogens is 3. The average Bonchev–Trinajstić information content (AvgIpc) is 3.02. The largest absolute Gasteiger partial charge is 0.466 e. The molecule has 0 aliphatic carbocycles. The van der Waals surface area contributed by atoms with E-state index in [4.69, 9.17) is 4.74 Å². The normalized spacial score (nSPS) is 13.7. The Bertz CT molecular complexity index is 814. The molecule has 110 valence electrons. The van der Waals surface area contributed by atoms with Crippen LogP contribution in [0.5, 0.6) is 6.01 Å². The first kappa shape index (κ1) is 13.4. The van der Waals surface area contributed by atoms with Gasteiger partial charge in [0.2, 0.25) is 11.9 Å². The highest BCUT2D eigenvalue weighted by Crippen LogP contribution is 2.26. The SMILES string of the molecule is COc1n[nH]c(NS(=O)(=O)c2ccc3c(c2)CC(=O)N3)n1. The van der Waals surface area contributed by atoms with Gasteiger partial charge < -0.3 is 10.1 Å². The van der Waals surface area contributed by atoms with Gasteiger partial charge in [0, 0.05) is 5.69 Å². The van der Waals surface area contributed by atoms with Crippen molar-refractivity contribution in [3.63, 3.8) is 0 Å². The fourth-order valence-electron chi connectivity index (χ4n) is 1.94. The molecule has 3 N–H and O–H groups in total. The number of sulfonamides is 1. The number of hydrogen-bond acceptors (Lipinski definition) is 6. The lowest BCUT2D eigenvalue weighted by Crippen LogP contribution is -2.14. The molecule has 0 atom stereocenters. The van der Waals surface area contributed by atoms with Gasteiger partial charge in [0.1, 0.15) is 0 Å². The number of nitrogens with one attached hydrogen (secondary N) is 3. The molecule has 1 aromatic heterocycles. The second kappa shape index (κ2) is 4.74. The first-order valence-corrected chi connectivity index (χ1v) is 7.38. The van der Waals surface area contributed by atoms with Crippen LogP contribution in [0.15, 0.2) is 23.1 Å². The molecule has 1 aromatic carbocycles. The molecule has 0 bridgehead atoms. The number of aromatic amines is 1. The standard InChI is InChI=1S/C11H11N5O4S/c1-20-11-13-10(14-15-11)16-21(18,19)7-2-3-8-6(4-7)5-9(17)12-8/h2-4H,5H2,1H3,(H,12,17)(H2,13,14,15,16). The van der Waals surface area contributed by atoms with Gasteiger partial charge in [0.15, 0.2) is 0 Å². The van der Waals surface area contributed by atoms with Crippen molar-refractivity contribution in [1.29, 1.82) is 0 Å². The molecule has 2 heterocycles. The quantitative estimate of drug-likeness (QED) is 0.736. The van der Waals surface area contributed by atoms with Gasteiger partial charge in [-0.3, -0.25) is 4.79 Å². The van der Waals surface area contributed by atoms with E-state index in [0.717, 1.165) is 0 Å². The maximum Gasteiger partial charge on any atom is 0.336 e. The predicted molar refractivity (Wildman–Crippen MR) is 72.5 cm³/mol. The Labute approximate surface area is 119 Å². The number of H-pyrrole nitrogens is 1. The Hall–Kier alpha value is -2.62. The summed E-state index contributed by atoms with van der Waals surface area (Å²) in [4.78, 5) is 15.1. The Kier molecular flexibility index (Phi) is 3.01. The summed E-state index contributed by atoms with van der Waals surface area (Å²) in [6.45, 7) is 0. The van der Waals surface area contributed by atoms with Crippen LogP contribution in [0.2, 0.25) is 0 Å². The summed E-state index contributed by atoms with van der Waals surface area (Å²) in [7, 11) is -2.46. The van der Waals surface area contributed by atoms with E-state index in [0.29, 0.717) is 11.3 Å². The van der Waals surface area contributed by atoms with Gasteiger partial charge in [-0.15, -0.1) is 5.10 Å². The Balaban J connectivity index is 1.88. The lowest BCUT2D eigenvalue weighted by Gasteiger charge is -2.06. The van der Waals surface area contributed by atoms with Crippen molar-refractivity contribution < 1.29 is 17.9 Å². The molecule has 0 saturated carbocycles. The smallest absolute Gasteiger partial charge is 0.336 e. The molecular weight excluding hydrogens is 298 g/mol. The van der Waals surface area contributed by atoms with Crippen LogP contribution in [-0.4, -0.2) is 36.6 Å². The summed E-state index contributed by atoms with van der Waals surface area (Å²) >= 11 is 0. The zero-order valence-corrected chi connectivity index (χ0v) is 11.7. The van der Waals surface area contributed by atoms with E-state index < -0.39 is 10.0 Å². The Morgan fingerprint density at radius 1 is 1.38 bits per heavy atom. The van der Waals surface area contributed by atoms with Gasteiger partial charge in [-0.2, -0.15) is 4.98 Å². The van der Waals surface area contributed by atoms with E-state index in [1.54, 1.807) is 6.07 Å². The van der Waals surface area contributed by atoms with Crippen molar-refractivity contribution in [3.05, 3.63) is 23.8 Å². The zero-order valence-electron chi connectivity index (χ0n) is 10.9. The van der Waals surface area contributed by atoms with Crippen LogP contribution >= 0.6 is 0 Å². The molecule has 9 nitrogen and oxygen atoms in total. The summed E-state index contributed by atoms with van der Waals surface area (Å²) in [6, 6.07) is 4.43. The van der Waals surface area contributed by atoms with Gasteiger partial charge in [0.05, 0.1) is 18.4 Å². The van der Waals surface area contributed by atoms with E-state index >= 15 is 0 Å². The minimum absolute atomic E-state index is 0.0245. The van der Waals surface area contributed by atoms with Crippen LogP contribution in [0.3, 0.4) is 0 Å². The number of anilines is 2. The fourth-order valence-corrected chi connectivity index (χ4v) is 2.95. The van der Waals surface area contributed by atoms with Crippen molar-refractivity contribution in [3.8, 4) is 6.01 Å². The predicted octanol–water partition coefficient (Wildman–Crippen LogP) is 0.109.